The number of anilines is 1. The van der Waals surface area contributed by atoms with E-state index in [-0.39, 0.29) is 12.1 Å². The van der Waals surface area contributed by atoms with Crippen LogP contribution in [0, 0.1) is 0 Å². The second-order valence-corrected chi connectivity index (χ2v) is 8.69. The SMILES string of the molecule is COc1ccccc1N1C(=S)NC(c2ccccn2)C1c1ccc(Br)s1. The number of hydrogen-bond donors (Lipinski definition) is 1. The minimum atomic E-state index is -0.0424. The van der Waals surface area contributed by atoms with Crippen LogP contribution < -0.4 is 15.0 Å². The van der Waals surface area contributed by atoms with Crippen molar-refractivity contribution in [2.24, 2.45) is 0 Å². The Morgan fingerprint density at radius 3 is 2.65 bits per heavy atom. The zero-order valence-electron chi connectivity index (χ0n) is 13.9. The van der Waals surface area contributed by atoms with Gasteiger partial charge < -0.3 is 15.0 Å². The van der Waals surface area contributed by atoms with Crippen LogP contribution in [-0.2, 0) is 0 Å². The van der Waals surface area contributed by atoms with E-state index in [0.717, 1.165) is 20.9 Å². The lowest BCUT2D eigenvalue weighted by Gasteiger charge is -2.28. The van der Waals surface area contributed by atoms with Gasteiger partial charge in [-0.05, 0) is 64.5 Å². The molecule has 4 rings (SSSR count). The predicted octanol–water partition coefficient (Wildman–Crippen LogP) is 5.09. The molecule has 0 saturated carbocycles. The fraction of sp³-hybridized carbons (Fsp3) is 0.158. The molecule has 1 saturated heterocycles. The third-order valence-corrected chi connectivity index (χ3v) is 6.34. The second-order valence-electron chi connectivity index (χ2n) is 5.81. The molecule has 0 amide bonds. The highest BCUT2D eigenvalue weighted by Gasteiger charge is 2.42. The average molecular weight is 446 g/mol. The van der Waals surface area contributed by atoms with Crippen molar-refractivity contribution in [1.82, 2.24) is 10.3 Å². The first-order chi connectivity index (χ1) is 12.7. The van der Waals surface area contributed by atoms with Gasteiger partial charge in [0.2, 0.25) is 0 Å². The second kappa shape index (κ2) is 7.34. The molecular weight excluding hydrogens is 430 g/mol. The largest absolute Gasteiger partial charge is 0.495 e. The van der Waals surface area contributed by atoms with Gasteiger partial charge in [-0.15, -0.1) is 11.3 Å². The summed E-state index contributed by atoms with van der Waals surface area (Å²) in [6, 6.07) is 18.0. The van der Waals surface area contributed by atoms with Crippen LogP contribution in [0.15, 0.2) is 64.6 Å². The molecule has 26 heavy (non-hydrogen) atoms. The third kappa shape index (κ3) is 3.11. The first kappa shape index (κ1) is 17.5. The molecule has 1 aromatic carbocycles. The van der Waals surface area contributed by atoms with E-state index in [2.05, 4.69) is 43.3 Å². The molecule has 3 aromatic rings. The number of rotatable bonds is 4. The van der Waals surface area contributed by atoms with Crippen LogP contribution >= 0.6 is 39.5 Å². The monoisotopic (exact) mass is 445 g/mol. The van der Waals surface area contributed by atoms with Crippen LogP contribution in [0.25, 0.3) is 0 Å². The minimum absolute atomic E-state index is 0.00926. The van der Waals surface area contributed by atoms with Gasteiger partial charge >= 0.3 is 0 Å². The number of hydrogen-bond acceptors (Lipinski definition) is 4. The number of aromatic nitrogens is 1. The molecule has 1 fully saturated rings. The van der Waals surface area contributed by atoms with E-state index in [9.17, 15) is 0 Å². The summed E-state index contributed by atoms with van der Waals surface area (Å²) < 4.78 is 6.67. The number of nitrogens with zero attached hydrogens (tertiary/aromatic N) is 2. The molecule has 0 bridgehead atoms. The van der Waals surface area contributed by atoms with Crippen LogP contribution in [0.5, 0.6) is 5.75 Å². The van der Waals surface area contributed by atoms with E-state index in [1.807, 2.05) is 48.7 Å². The number of nitrogens with one attached hydrogen (secondary N) is 1. The van der Waals surface area contributed by atoms with Gasteiger partial charge in [-0.3, -0.25) is 4.98 Å². The summed E-state index contributed by atoms with van der Waals surface area (Å²) in [7, 11) is 1.68. The summed E-state index contributed by atoms with van der Waals surface area (Å²) in [5.41, 5.74) is 1.90. The highest BCUT2D eigenvalue weighted by atomic mass is 79.9. The number of pyridine rings is 1. The summed E-state index contributed by atoms with van der Waals surface area (Å²) >= 11 is 11.0. The molecule has 2 unspecified atom stereocenters. The van der Waals surface area contributed by atoms with E-state index in [4.69, 9.17) is 17.0 Å². The molecule has 0 spiro atoms. The van der Waals surface area contributed by atoms with E-state index < -0.39 is 0 Å². The quantitative estimate of drug-likeness (QED) is 0.565. The van der Waals surface area contributed by atoms with Gasteiger partial charge in [0.1, 0.15) is 5.75 Å². The lowest BCUT2D eigenvalue weighted by Crippen LogP contribution is -2.29. The van der Waals surface area contributed by atoms with E-state index >= 15 is 0 Å². The van der Waals surface area contributed by atoms with Crippen molar-refractivity contribution < 1.29 is 4.74 Å². The van der Waals surface area contributed by atoms with Crippen molar-refractivity contribution in [3.8, 4) is 5.75 Å². The van der Waals surface area contributed by atoms with Crippen LogP contribution in [0.3, 0.4) is 0 Å². The molecule has 2 aromatic heterocycles. The smallest absolute Gasteiger partial charge is 0.174 e. The number of thiocarbonyl (C=S) groups is 1. The highest BCUT2D eigenvalue weighted by Crippen LogP contribution is 2.46. The number of methoxy groups -OCH3 is 1. The minimum Gasteiger partial charge on any atom is -0.495 e. The third-order valence-electron chi connectivity index (χ3n) is 4.33. The van der Waals surface area contributed by atoms with Crippen molar-refractivity contribution in [3.05, 3.63) is 75.2 Å². The Kier molecular flexibility index (Phi) is 4.93. The maximum Gasteiger partial charge on any atom is 0.174 e. The van der Waals surface area contributed by atoms with Crippen molar-refractivity contribution >= 4 is 50.3 Å². The first-order valence-corrected chi connectivity index (χ1v) is 10.1. The van der Waals surface area contributed by atoms with Gasteiger partial charge in [-0.25, -0.2) is 0 Å². The lowest BCUT2D eigenvalue weighted by molar-refractivity contribution is 0.414. The normalized spacial score (nSPS) is 19.5. The summed E-state index contributed by atoms with van der Waals surface area (Å²) in [5, 5.41) is 4.12. The van der Waals surface area contributed by atoms with E-state index in [1.165, 1.54) is 4.88 Å². The molecule has 1 N–H and O–H groups in total. The summed E-state index contributed by atoms with van der Waals surface area (Å²) in [4.78, 5) is 7.89. The van der Waals surface area contributed by atoms with E-state index in [1.54, 1.807) is 18.4 Å². The molecule has 1 aliphatic rings. The number of ether oxygens (including phenoxy) is 1. The highest BCUT2D eigenvalue weighted by molar-refractivity contribution is 9.11. The Bertz CT molecular complexity index is 931. The zero-order valence-corrected chi connectivity index (χ0v) is 17.1. The Morgan fingerprint density at radius 1 is 1.15 bits per heavy atom. The summed E-state index contributed by atoms with van der Waals surface area (Å²) in [6.45, 7) is 0. The molecule has 7 heteroatoms. The average Bonchev–Trinajstić information content (AvgIpc) is 3.25. The molecule has 132 valence electrons. The molecule has 0 radical (unpaired) electrons. The van der Waals surface area contributed by atoms with Crippen LogP contribution in [0.1, 0.15) is 22.7 Å². The predicted molar refractivity (Wildman–Crippen MR) is 113 cm³/mol. The molecule has 2 atom stereocenters. The molecule has 3 heterocycles. The van der Waals surface area contributed by atoms with Gasteiger partial charge in [0.25, 0.3) is 0 Å². The van der Waals surface area contributed by atoms with Gasteiger partial charge in [0.15, 0.2) is 5.11 Å². The van der Waals surface area contributed by atoms with Crippen LogP contribution in [0.2, 0.25) is 0 Å². The first-order valence-electron chi connectivity index (χ1n) is 8.08. The Morgan fingerprint density at radius 2 is 1.96 bits per heavy atom. The summed E-state index contributed by atoms with van der Waals surface area (Å²) in [5.74, 6) is 0.791. The topological polar surface area (TPSA) is 37.4 Å². The number of thiophene rings is 1. The van der Waals surface area contributed by atoms with Gasteiger partial charge in [-0.2, -0.15) is 0 Å². The molecule has 0 aliphatic carbocycles. The fourth-order valence-electron chi connectivity index (χ4n) is 3.22. The van der Waals surface area contributed by atoms with E-state index in [0.29, 0.717) is 5.11 Å². The van der Waals surface area contributed by atoms with Crippen molar-refractivity contribution in [2.75, 3.05) is 12.0 Å². The van der Waals surface area contributed by atoms with Crippen LogP contribution in [-0.4, -0.2) is 17.2 Å². The van der Waals surface area contributed by atoms with Crippen molar-refractivity contribution in [3.63, 3.8) is 0 Å². The van der Waals surface area contributed by atoms with Crippen LogP contribution in [0.4, 0.5) is 5.69 Å². The number of benzene rings is 1. The molecular formula is C19H16BrN3OS2. The maximum atomic E-state index is 5.72. The Hall–Kier alpha value is -1.96. The van der Waals surface area contributed by atoms with Gasteiger partial charge in [0, 0.05) is 11.1 Å². The molecule has 1 aliphatic heterocycles. The zero-order chi connectivity index (χ0) is 18.1. The molecule has 4 nitrogen and oxygen atoms in total. The van der Waals surface area contributed by atoms with Gasteiger partial charge in [0.05, 0.1) is 34.4 Å². The Labute approximate surface area is 170 Å². The fourth-order valence-corrected chi connectivity index (χ4v) is 5.11. The lowest BCUT2D eigenvalue weighted by atomic mass is 10.0. The number of para-hydroxylation sites is 2. The van der Waals surface area contributed by atoms with Crippen molar-refractivity contribution in [1.29, 1.82) is 0 Å². The number of halogens is 1. The van der Waals surface area contributed by atoms with Gasteiger partial charge in [-0.1, -0.05) is 18.2 Å². The standard InChI is InChI=1S/C19H16BrN3OS2/c1-24-14-8-3-2-7-13(14)23-18(15-9-10-16(20)26-15)17(22-19(23)25)12-6-4-5-11-21-12/h2-11,17-18H,1H3,(H,22,25). The maximum absolute atomic E-state index is 5.72. The summed E-state index contributed by atoms with van der Waals surface area (Å²) in [6.07, 6.45) is 1.81. The Balaban J connectivity index is 1.85. The van der Waals surface area contributed by atoms with Crippen molar-refractivity contribution in [2.45, 2.75) is 12.1 Å².